The summed E-state index contributed by atoms with van der Waals surface area (Å²) in [6.45, 7) is 4.79. The molecule has 0 N–H and O–H groups in total. The lowest BCUT2D eigenvalue weighted by molar-refractivity contribution is -0.143. The highest BCUT2D eigenvalue weighted by molar-refractivity contribution is 6.30. The maximum absolute atomic E-state index is 13.5. The van der Waals surface area contributed by atoms with Crippen LogP contribution in [0, 0.1) is 6.92 Å². The molecule has 1 atom stereocenters. The lowest BCUT2D eigenvalue weighted by Crippen LogP contribution is -2.40. The minimum atomic E-state index is -0.353. The molecule has 0 bridgehead atoms. The Bertz CT molecular complexity index is 1530. The van der Waals surface area contributed by atoms with Crippen molar-refractivity contribution in [2.45, 2.75) is 19.4 Å². The Hall–Kier alpha value is -3.85. The van der Waals surface area contributed by atoms with Crippen molar-refractivity contribution in [1.82, 2.24) is 9.47 Å². The Morgan fingerprint density at radius 1 is 0.976 bits per heavy atom. The van der Waals surface area contributed by atoms with E-state index >= 15 is 0 Å². The van der Waals surface area contributed by atoms with Crippen LogP contribution < -0.4 is 9.47 Å². The van der Waals surface area contributed by atoms with Gasteiger partial charge in [0.05, 0.1) is 38.9 Å². The van der Waals surface area contributed by atoms with E-state index in [0.717, 1.165) is 28.8 Å². The Labute approximate surface area is 244 Å². The molecule has 0 aliphatic carbocycles. The molecule has 1 aliphatic heterocycles. The summed E-state index contributed by atoms with van der Waals surface area (Å²) >= 11 is 6.02. The number of carbonyl (C=O) groups is 2. The van der Waals surface area contributed by atoms with Gasteiger partial charge in [0.15, 0.2) is 0 Å². The third-order valence-electron chi connectivity index (χ3n) is 7.47. The molecule has 3 aromatic carbocycles. The number of ether oxygens (including phenoxy) is 4. The zero-order valence-corrected chi connectivity index (χ0v) is 24.1. The summed E-state index contributed by atoms with van der Waals surface area (Å²) in [7, 11) is 3.23. The molecule has 214 valence electrons. The van der Waals surface area contributed by atoms with E-state index < -0.39 is 0 Å². The van der Waals surface area contributed by atoms with Gasteiger partial charge in [0, 0.05) is 41.3 Å². The molecule has 0 radical (unpaired) electrons. The number of esters is 1. The van der Waals surface area contributed by atoms with Crippen LogP contribution in [0.4, 0.5) is 0 Å². The molecule has 0 amide bonds. The van der Waals surface area contributed by atoms with E-state index in [1.54, 1.807) is 49.1 Å². The van der Waals surface area contributed by atoms with Crippen molar-refractivity contribution >= 4 is 34.4 Å². The zero-order chi connectivity index (χ0) is 28.9. The second-order valence-corrected chi connectivity index (χ2v) is 10.4. The maximum atomic E-state index is 13.5. The highest BCUT2D eigenvalue weighted by Crippen LogP contribution is 2.31. The van der Waals surface area contributed by atoms with Crippen molar-refractivity contribution in [1.29, 1.82) is 0 Å². The summed E-state index contributed by atoms with van der Waals surface area (Å²) < 4.78 is 23.9. The van der Waals surface area contributed by atoms with Crippen molar-refractivity contribution in [3.05, 3.63) is 94.1 Å². The quantitative estimate of drug-likeness (QED) is 0.245. The van der Waals surface area contributed by atoms with Crippen molar-refractivity contribution in [3.63, 3.8) is 0 Å². The Balaban J connectivity index is 1.26. The molecule has 1 saturated heterocycles. The fourth-order valence-corrected chi connectivity index (χ4v) is 5.33. The molecular formula is C32H33ClN2O6. The lowest BCUT2D eigenvalue weighted by atomic mass is 10.1. The molecule has 4 aromatic rings. The summed E-state index contributed by atoms with van der Waals surface area (Å²) in [4.78, 5) is 28.8. The van der Waals surface area contributed by atoms with E-state index in [2.05, 4.69) is 4.90 Å². The molecule has 0 saturated carbocycles. The zero-order valence-electron chi connectivity index (χ0n) is 23.4. The van der Waals surface area contributed by atoms with Crippen LogP contribution in [0.5, 0.6) is 11.5 Å². The highest BCUT2D eigenvalue weighted by Gasteiger charge is 2.24. The van der Waals surface area contributed by atoms with E-state index in [9.17, 15) is 9.59 Å². The van der Waals surface area contributed by atoms with E-state index in [-0.39, 0.29) is 31.0 Å². The molecule has 9 heteroatoms. The minimum Gasteiger partial charge on any atom is -0.497 e. The number of aromatic nitrogens is 1. The van der Waals surface area contributed by atoms with Gasteiger partial charge in [0.25, 0.3) is 5.91 Å². The highest BCUT2D eigenvalue weighted by atomic mass is 35.5. The van der Waals surface area contributed by atoms with E-state index in [1.165, 1.54) is 0 Å². The average molecular weight is 577 g/mol. The van der Waals surface area contributed by atoms with Crippen molar-refractivity contribution in [2.75, 3.05) is 47.1 Å². The van der Waals surface area contributed by atoms with E-state index in [1.807, 2.05) is 43.3 Å². The van der Waals surface area contributed by atoms with Crippen LogP contribution in [-0.4, -0.2) is 68.4 Å². The van der Waals surface area contributed by atoms with Gasteiger partial charge < -0.3 is 18.9 Å². The van der Waals surface area contributed by atoms with Crippen LogP contribution in [0.3, 0.4) is 0 Å². The molecule has 0 spiro atoms. The first kappa shape index (κ1) is 28.7. The first-order valence-corrected chi connectivity index (χ1v) is 13.9. The molecule has 41 heavy (non-hydrogen) atoms. The maximum Gasteiger partial charge on any atom is 0.310 e. The number of hydrogen-bond donors (Lipinski definition) is 0. The van der Waals surface area contributed by atoms with Crippen LogP contribution in [0.1, 0.15) is 33.3 Å². The molecule has 2 heterocycles. The van der Waals surface area contributed by atoms with Gasteiger partial charge in [0.2, 0.25) is 0 Å². The van der Waals surface area contributed by atoms with Gasteiger partial charge in [-0.3, -0.25) is 19.1 Å². The van der Waals surface area contributed by atoms with Crippen LogP contribution >= 0.6 is 11.6 Å². The number of hydrogen-bond acceptors (Lipinski definition) is 7. The number of fused-ring (bicyclic) bond motifs is 1. The molecule has 1 aromatic heterocycles. The second-order valence-electron chi connectivity index (χ2n) is 9.92. The normalized spacial score (nSPS) is 15.6. The van der Waals surface area contributed by atoms with Gasteiger partial charge in [-0.15, -0.1) is 0 Å². The molecule has 8 nitrogen and oxygen atoms in total. The van der Waals surface area contributed by atoms with E-state index in [4.69, 9.17) is 30.5 Å². The predicted octanol–water partition coefficient (Wildman–Crippen LogP) is 5.47. The second kappa shape index (κ2) is 12.8. The van der Waals surface area contributed by atoms with Gasteiger partial charge in [-0.05, 0) is 72.6 Å². The van der Waals surface area contributed by atoms with Gasteiger partial charge in [-0.2, -0.15) is 0 Å². The van der Waals surface area contributed by atoms with Crippen molar-refractivity contribution in [2.24, 2.45) is 0 Å². The Morgan fingerprint density at radius 3 is 2.39 bits per heavy atom. The van der Waals surface area contributed by atoms with Gasteiger partial charge in [-0.25, -0.2) is 0 Å². The topological polar surface area (TPSA) is 79.2 Å². The van der Waals surface area contributed by atoms with Gasteiger partial charge >= 0.3 is 5.97 Å². The van der Waals surface area contributed by atoms with Crippen LogP contribution in [0.25, 0.3) is 10.9 Å². The number of morpholine rings is 1. The van der Waals surface area contributed by atoms with E-state index in [0.29, 0.717) is 47.2 Å². The number of nitrogens with zero attached hydrogens (tertiary/aromatic N) is 2. The molecule has 1 fully saturated rings. The molecule has 5 rings (SSSR count). The summed E-state index contributed by atoms with van der Waals surface area (Å²) in [6, 6.07) is 20.1. The van der Waals surface area contributed by atoms with Crippen LogP contribution in [0.2, 0.25) is 5.02 Å². The van der Waals surface area contributed by atoms with Crippen LogP contribution in [0.15, 0.2) is 66.7 Å². The monoisotopic (exact) mass is 576 g/mol. The minimum absolute atomic E-state index is 0.0357. The Kier molecular flexibility index (Phi) is 8.93. The number of carbonyl (C=O) groups excluding carboxylic acids is 2. The SMILES string of the molecule is COc1ccc(C2CN(CCOC(=O)Cc3c(C)n(C(=O)c4ccc(Cl)cc4)c4ccc(OC)cc34)CCO2)cc1. The number of halogens is 1. The standard InChI is InChI=1S/C32H33ClN2O6/c1-21-27(28-18-26(39-3)12-13-29(28)35(21)32(37)23-4-8-24(33)9-5-23)19-31(36)41-17-15-34-14-16-40-30(20-34)22-6-10-25(38-2)11-7-22/h4-13,18,30H,14-17,19-20H2,1-3H3. The third-order valence-corrected chi connectivity index (χ3v) is 7.72. The average Bonchev–Trinajstić information content (AvgIpc) is 3.27. The third kappa shape index (κ3) is 6.40. The molecule has 1 unspecified atom stereocenters. The molecule has 1 aliphatic rings. The fourth-order valence-electron chi connectivity index (χ4n) is 5.21. The number of methoxy groups -OCH3 is 2. The smallest absolute Gasteiger partial charge is 0.310 e. The fraction of sp³-hybridized carbons (Fsp3) is 0.312. The molecular weight excluding hydrogens is 544 g/mol. The number of rotatable bonds is 9. The van der Waals surface area contributed by atoms with Gasteiger partial charge in [-0.1, -0.05) is 23.7 Å². The summed E-state index contributed by atoms with van der Waals surface area (Å²) in [5.74, 6) is 0.892. The lowest BCUT2D eigenvalue weighted by Gasteiger charge is -2.33. The summed E-state index contributed by atoms with van der Waals surface area (Å²) in [6.07, 6.45) is -0.0131. The van der Waals surface area contributed by atoms with Crippen molar-refractivity contribution < 1.29 is 28.5 Å². The first-order valence-electron chi connectivity index (χ1n) is 13.5. The Morgan fingerprint density at radius 2 is 1.68 bits per heavy atom. The number of benzene rings is 3. The van der Waals surface area contributed by atoms with Gasteiger partial charge in [0.1, 0.15) is 18.1 Å². The first-order chi connectivity index (χ1) is 19.9. The largest absolute Gasteiger partial charge is 0.497 e. The summed E-state index contributed by atoms with van der Waals surface area (Å²) in [5.41, 5.74) is 3.70. The van der Waals surface area contributed by atoms with Crippen molar-refractivity contribution in [3.8, 4) is 11.5 Å². The van der Waals surface area contributed by atoms with Crippen LogP contribution in [-0.2, 0) is 20.7 Å². The predicted molar refractivity (Wildman–Crippen MR) is 157 cm³/mol. The summed E-state index contributed by atoms with van der Waals surface area (Å²) in [5, 5.41) is 1.33.